The molecule has 2 heterocycles. The predicted molar refractivity (Wildman–Crippen MR) is 81.8 cm³/mol. The maximum absolute atomic E-state index is 12.1. The maximum Gasteiger partial charge on any atom is 0.326 e. The fourth-order valence-electron chi connectivity index (χ4n) is 2.49. The van der Waals surface area contributed by atoms with Gasteiger partial charge in [-0.25, -0.2) is 4.79 Å². The molecular weight excluding hydrogens is 284 g/mol. The second kappa shape index (κ2) is 7.20. The first-order valence-electron chi connectivity index (χ1n) is 7.59. The fraction of sp³-hybridized carbons (Fsp3) is 0.600. The molecule has 1 saturated heterocycles. The van der Waals surface area contributed by atoms with Crippen LogP contribution in [0.3, 0.4) is 0 Å². The summed E-state index contributed by atoms with van der Waals surface area (Å²) in [6.45, 7) is 5.73. The number of aromatic nitrogens is 2. The van der Waals surface area contributed by atoms with Gasteiger partial charge in [-0.2, -0.15) is 0 Å². The number of carbonyl (C=O) groups is 2. The molecule has 1 fully saturated rings. The molecule has 1 aromatic heterocycles. The molecule has 120 valence electrons. The van der Waals surface area contributed by atoms with E-state index in [2.05, 4.69) is 20.4 Å². The van der Waals surface area contributed by atoms with E-state index in [4.69, 9.17) is 5.11 Å². The second-order valence-corrected chi connectivity index (χ2v) is 5.96. The van der Waals surface area contributed by atoms with Gasteiger partial charge in [0.05, 0.1) is 0 Å². The number of carboxylic acids is 1. The molecule has 1 aromatic rings. The first-order chi connectivity index (χ1) is 10.5. The predicted octanol–water partition coefficient (Wildman–Crippen LogP) is 1.31. The molecule has 1 amide bonds. The summed E-state index contributed by atoms with van der Waals surface area (Å²) in [6, 6.07) is 2.43. The van der Waals surface area contributed by atoms with Crippen LogP contribution in [0.4, 0.5) is 5.82 Å². The zero-order valence-electron chi connectivity index (χ0n) is 13.0. The number of hydrogen-bond donors (Lipinski definition) is 2. The van der Waals surface area contributed by atoms with Gasteiger partial charge < -0.3 is 15.3 Å². The van der Waals surface area contributed by atoms with E-state index < -0.39 is 17.9 Å². The maximum atomic E-state index is 12.1. The highest BCUT2D eigenvalue weighted by Gasteiger charge is 2.23. The van der Waals surface area contributed by atoms with Crippen LogP contribution in [0.5, 0.6) is 0 Å². The molecule has 0 unspecified atom stereocenters. The number of nitrogens with zero attached hydrogens (tertiary/aromatic N) is 3. The van der Waals surface area contributed by atoms with Gasteiger partial charge in [0, 0.05) is 13.1 Å². The highest BCUT2D eigenvalue weighted by atomic mass is 16.4. The van der Waals surface area contributed by atoms with Crippen molar-refractivity contribution in [3.05, 3.63) is 17.8 Å². The number of carboxylic acid groups (broad SMARTS) is 1. The molecule has 1 atom stereocenters. The van der Waals surface area contributed by atoms with Crippen LogP contribution in [0.2, 0.25) is 0 Å². The van der Waals surface area contributed by atoms with E-state index in [0.717, 1.165) is 31.7 Å². The zero-order valence-corrected chi connectivity index (χ0v) is 13.0. The Balaban J connectivity index is 2.00. The summed E-state index contributed by atoms with van der Waals surface area (Å²) in [5.74, 6) is -0.617. The standard InChI is InChI=1S/C15H22N4O3/c1-10(2)9-12(15(21)22)16-14(20)11-5-6-13(18-17-11)19-7-3-4-8-19/h5-6,10,12H,3-4,7-9H2,1-2H3,(H,16,20)(H,21,22)/t12-/m1/s1. The largest absolute Gasteiger partial charge is 0.480 e. The number of aliphatic carboxylic acids is 1. The molecule has 0 aliphatic carbocycles. The van der Waals surface area contributed by atoms with E-state index in [1.165, 1.54) is 0 Å². The lowest BCUT2D eigenvalue weighted by Crippen LogP contribution is -2.42. The zero-order chi connectivity index (χ0) is 16.1. The van der Waals surface area contributed by atoms with Crippen LogP contribution in [0, 0.1) is 5.92 Å². The number of hydrogen-bond acceptors (Lipinski definition) is 5. The van der Waals surface area contributed by atoms with Crippen LogP contribution >= 0.6 is 0 Å². The Morgan fingerprint density at radius 3 is 2.45 bits per heavy atom. The summed E-state index contributed by atoms with van der Waals surface area (Å²) in [5, 5.41) is 19.6. The summed E-state index contributed by atoms with van der Waals surface area (Å²) in [7, 11) is 0. The molecule has 1 aliphatic rings. The quantitative estimate of drug-likeness (QED) is 0.822. The summed E-state index contributed by atoms with van der Waals surface area (Å²) in [4.78, 5) is 25.4. The molecule has 0 aromatic carbocycles. The van der Waals surface area contributed by atoms with Crippen molar-refractivity contribution in [2.24, 2.45) is 5.92 Å². The Morgan fingerprint density at radius 1 is 1.27 bits per heavy atom. The fourth-order valence-corrected chi connectivity index (χ4v) is 2.49. The molecule has 2 rings (SSSR count). The van der Waals surface area contributed by atoms with E-state index in [0.29, 0.717) is 6.42 Å². The summed E-state index contributed by atoms with van der Waals surface area (Å²) >= 11 is 0. The number of amides is 1. The van der Waals surface area contributed by atoms with Crippen LogP contribution in [-0.4, -0.2) is 46.3 Å². The number of nitrogens with one attached hydrogen (secondary N) is 1. The van der Waals surface area contributed by atoms with Gasteiger partial charge in [0.15, 0.2) is 11.5 Å². The van der Waals surface area contributed by atoms with Crippen molar-refractivity contribution < 1.29 is 14.7 Å². The molecule has 0 radical (unpaired) electrons. The minimum Gasteiger partial charge on any atom is -0.480 e. The second-order valence-electron chi connectivity index (χ2n) is 5.96. The third kappa shape index (κ3) is 4.16. The van der Waals surface area contributed by atoms with E-state index in [1.807, 2.05) is 13.8 Å². The van der Waals surface area contributed by atoms with Gasteiger partial charge in [-0.15, -0.1) is 10.2 Å². The van der Waals surface area contributed by atoms with Crippen LogP contribution in [-0.2, 0) is 4.79 Å². The summed E-state index contributed by atoms with van der Waals surface area (Å²) in [6.07, 6.45) is 2.65. The molecule has 2 N–H and O–H groups in total. The molecule has 7 nitrogen and oxygen atoms in total. The smallest absolute Gasteiger partial charge is 0.326 e. The number of carbonyl (C=O) groups excluding carboxylic acids is 1. The SMILES string of the molecule is CC(C)C[C@@H](NC(=O)c1ccc(N2CCCC2)nn1)C(=O)O. The summed E-state index contributed by atoms with van der Waals surface area (Å²) in [5.41, 5.74) is 0.137. The lowest BCUT2D eigenvalue weighted by Gasteiger charge is -2.17. The monoisotopic (exact) mass is 306 g/mol. The van der Waals surface area contributed by atoms with Crippen molar-refractivity contribution >= 4 is 17.7 Å². The van der Waals surface area contributed by atoms with Gasteiger partial charge in [0.2, 0.25) is 0 Å². The first-order valence-corrected chi connectivity index (χ1v) is 7.59. The van der Waals surface area contributed by atoms with Crippen molar-refractivity contribution in [2.75, 3.05) is 18.0 Å². The normalized spacial score (nSPS) is 15.9. The Hall–Kier alpha value is -2.18. The van der Waals surface area contributed by atoms with Gasteiger partial charge in [0.25, 0.3) is 5.91 Å². The summed E-state index contributed by atoms with van der Waals surface area (Å²) < 4.78 is 0. The topological polar surface area (TPSA) is 95.4 Å². The number of rotatable bonds is 6. The van der Waals surface area contributed by atoms with Gasteiger partial charge in [-0.3, -0.25) is 4.79 Å². The van der Waals surface area contributed by atoms with E-state index in [1.54, 1.807) is 12.1 Å². The van der Waals surface area contributed by atoms with Gasteiger partial charge >= 0.3 is 5.97 Å². The molecule has 7 heteroatoms. The average Bonchev–Trinajstić information content (AvgIpc) is 3.00. The van der Waals surface area contributed by atoms with Crippen molar-refractivity contribution in [3.63, 3.8) is 0 Å². The first kappa shape index (κ1) is 16.2. The molecule has 0 spiro atoms. The lowest BCUT2D eigenvalue weighted by molar-refractivity contribution is -0.139. The van der Waals surface area contributed by atoms with E-state index >= 15 is 0 Å². The molecular formula is C15H22N4O3. The van der Waals surface area contributed by atoms with E-state index in [9.17, 15) is 9.59 Å². The van der Waals surface area contributed by atoms with Gasteiger partial charge in [-0.05, 0) is 37.3 Å². The Kier molecular flexibility index (Phi) is 5.30. The third-order valence-electron chi connectivity index (χ3n) is 3.62. The minimum absolute atomic E-state index is 0.137. The van der Waals surface area contributed by atoms with Crippen LogP contribution in [0.15, 0.2) is 12.1 Å². The van der Waals surface area contributed by atoms with E-state index in [-0.39, 0.29) is 11.6 Å². The molecule has 1 aliphatic heterocycles. The average molecular weight is 306 g/mol. The highest BCUT2D eigenvalue weighted by molar-refractivity contribution is 5.94. The Bertz CT molecular complexity index is 524. The van der Waals surface area contributed by atoms with Crippen molar-refractivity contribution in [1.82, 2.24) is 15.5 Å². The van der Waals surface area contributed by atoms with Crippen LogP contribution in [0.1, 0.15) is 43.6 Å². The molecule has 0 bridgehead atoms. The van der Waals surface area contributed by atoms with Gasteiger partial charge in [0.1, 0.15) is 6.04 Å². The van der Waals surface area contributed by atoms with Crippen LogP contribution < -0.4 is 10.2 Å². The van der Waals surface area contributed by atoms with Crippen molar-refractivity contribution in [3.8, 4) is 0 Å². The van der Waals surface area contributed by atoms with Gasteiger partial charge in [-0.1, -0.05) is 13.8 Å². The Labute approximate surface area is 129 Å². The Morgan fingerprint density at radius 2 is 1.95 bits per heavy atom. The van der Waals surface area contributed by atoms with Crippen LogP contribution in [0.25, 0.3) is 0 Å². The lowest BCUT2D eigenvalue weighted by atomic mass is 10.0. The third-order valence-corrected chi connectivity index (χ3v) is 3.62. The highest BCUT2D eigenvalue weighted by Crippen LogP contribution is 2.16. The van der Waals surface area contributed by atoms with Crippen molar-refractivity contribution in [2.45, 2.75) is 39.2 Å². The van der Waals surface area contributed by atoms with Crippen molar-refractivity contribution in [1.29, 1.82) is 0 Å². The molecule has 0 saturated carbocycles. The number of anilines is 1. The minimum atomic E-state index is -1.04. The molecule has 22 heavy (non-hydrogen) atoms.